The number of nitrogens with one attached hydrogen (secondary N) is 1. The number of nitrogens with zero attached hydrogens (tertiary/aromatic N) is 2. The van der Waals surface area contributed by atoms with Crippen molar-refractivity contribution in [3.63, 3.8) is 0 Å². The number of aryl methyl sites for hydroxylation is 1. The molecule has 0 aliphatic carbocycles. The lowest BCUT2D eigenvalue weighted by atomic mass is 10.0. The standard InChI is InChI=1S/C31H37N3O3/c1-5-22(4)32-30(36)26(6-2)34(20-24-13-8-7-12-21(24)3)28(35)18-11-19-33-27-17-10-15-23-14-9-16-25(29(23)27)31(33)37/h7-10,12-17,22,26H,5-6,11,18-20H2,1-4H3,(H,32,36)/t22-,26+/m0/s1. The molecule has 6 heteroatoms. The van der Waals surface area contributed by atoms with E-state index in [0.717, 1.165) is 34.0 Å². The molecule has 3 aromatic rings. The van der Waals surface area contributed by atoms with Crippen LogP contribution in [0.4, 0.5) is 5.69 Å². The van der Waals surface area contributed by atoms with Gasteiger partial charge in [-0.15, -0.1) is 0 Å². The van der Waals surface area contributed by atoms with Crippen LogP contribution < -0.4 is 10.2 Å². The van der Waals surface area contributed by atoms with Crippen molar-refractivity contribution in [3.05, 3.63) is 77.4 Å². The summed E-state index contributed by atoms with van der Waals surface area (Å²) in [6.07, 6.45) is 2.13. The van der Waals surface area contributed by atoms with Crippen LogP contribution >= 0.6 is 0 Å². The summed E-state index contributed by atoms with van der Waals surface area (Å²) < 4.78 is 0. The molecule has 3 aromatic carbocycles. The zero-order valence-electron chi connectivity index (χ0n) is 22.3. The minimum atomic E-state index is -0.549. The van der Waals surface area contributed by atoms with Crippen molar-refractivity contribution in [2.45, 2.75) is 72.0 Å². The average Bonchev–Trinajstić information content (AvgIpc) is 3.17. The van der Waals surface area contributed by atoms with Crippen molar-refractivity contribution in [2.24, 2.45) is 0 Å². The molecule has 0 unspecified atom stereocenters. The van der Waals surface area contributed by atoms with E-state index in [1.54, 1.807) is 9.80 Å². The second-order valence-electron chi connectivity index (χ2n) is 9.93. The van der Waals surface area contributed by atoms with Gasteiger partial charge < -0.3 is 15.1 Å². The molecule has 0 bridgehead atoms. The van der Waals surface area contributed by atoms with Crippen LogP contribution in [0.1, 0.15) is 67.9 Å². The van der Waals surface area contributed by atoms with E-state index in [4.69, 9.17) is 0 Å². The molecule has 0 spiro atoms. The molecular weight excluding hydrogens is 462 g/mol. The molecule has 0 saturated heterocycles. The molecule has 0 fully saturated rings. The Hall–Kier alpha value is -3.67. The Labute approximate surface area is 219 Å². The van der Waals surface area contributed by atoms with E-state index in [0.29, 0.717) is 31.5 Å². The summed E-state index contributed by atoms with van der Waals surface area (Å²) in [6.45, 7) is 8.80. The molecule has 1 N–H and O–H groups in total. The van der Waals surface area contributed by atoms with Crippen LogP contribution in [0.2, 0.25) is 0 Å². The van der Waals surface area contributed by atoms with Crippen molar-refractivity contribution in [1.82, 2.24) is 10.2 Å². The minimum absolute atomic E-state index is 0.0182. The lowest BCUT2D eigenvalue weighted by molar-refractivity contribution is -0.141. The third-order valence-corrected chi connectivity index (χ3v) is 7.41. The third kappa shape index (κ3) is 5.53. The first kappa shape index (κ1) is 26.4. The van der Waals surface area contributed by atoms with Gasteiger partial charge in [-0.3, -0.25) is 14.4 Å². The summed E-state index contributed by atoms with van der Waals surface area (Å²) in [5, 5.41) is 5.09. The molecule has 37 heavy (non-hydrogen) atoms. The highest BCUT2D eigenvalue weighted by atomic mass is 16.2. The first-order chi connectivity index (χ1) is 17.8. The molecule has 2 atom stereocenters. The lowest BCUT2D eigenvalue weighted by Crippen LogP contribution is -2.50. The Morgan fingerprint density at radius 1 is 0.973 bits per heavy atom. The summed E-state index contributed by atoms with van der Waals surface area (Å²) in [4.78, 5) is 43.4. The molecular formula is C31H37N3O3. The Morgan fingerprint density at radius 2 is 1.70 bits per heavy atom. The molecule has 0 radical (unpaired) electrons. The fraction of sp³-hybridized carbons (Fsp3) is 0.387. The monoisotopic (exact) mass is 499 g/mol. The van der Waals surface area contributed by atoms with Crippen LogP contribution in [0, 0.1) is 6.92 Å². The van der Waals surface area contributed by atoms with E-state index in [2.05, 4.69) is 5.32 Å². The van der Waals surface area contributed by atoms with Crippen LogP contribution in [-0.2, 0) is 16.1 Å². The average molecular weight is 500 g/mol. The van der Waals surface area contributed by atoms with Gasteiger partial charge in [-0.2, -0.15) is 0 Å². The van der Waals surface area contributed by atoms with Gasteiger partial charge in [0, 0.05) is 36.5 Å². The summed E-state index contributed by atoms with van der Waals surface area (Å²) in [7, 11) is 0. The number of carbonyl (C=O) groups is 3. The predicted molar refractivity (Wildman–Crippen MR) is 149 cm³/mol. The largest absolute Gasteiger partial charge is 0.352 e. The second-order valence-corrected chi connectivity index (χ2v) is 9.93. The summed E-state index contributed by atoms with van der Waals surface area (Å²) in [5.74, 6) is -0.206. The van der Waals surface area contributed by atoms with Gasteiger partial charge in [-0.25, -0.2) is 0 Å². The molecule has 0 aromatic heterocycles. The number of benzene rings is 3. The molecule has 1 aliphatic rings. The predicted octanol–water partition coefficient (Wildman–Crippen LogP) is 5.61. The SMILES string of the molecule is CC[C@H](C(=O)N[C@@H](C)CC)N(Cc1ccccc1C)C(=O)CCCN1C(=O)c2cccc3cccc1c23. The lowest BCUT2D eigenvalue weighted by Gasteiger charge is -2.32. The van der Waals surface area contributed by atoms with Crippen molar-refractivity contribution < 1.29 is 14.4 Å². The van der Waals surface area contributed by atoms with Crippen molar-refractivity contribution in [2.75, 3.05) is 11.4 Å². The Bertz CT molecular complexity index is 1300. The first-order valence-corrected chi connectivity index (χ1v) is 13.3. The van der Waals surface area contributed by atoms with Gasteiger partial charge >= 0.3 is 0 Å². The fourth-order valence-corrected chi connectivity index (χ4v) is 5.06. The van der Waals surface area contributed by atoms with Gasteiger partial charge in [-0.1, -0.05) is 62.4 Å². The number of hydrogen-bond donors (Lipinski definition) is 1. The van der Waals surface area contributed by atoms with Crippen molar-refractivity contribution >= 4 is 34.2 Å². The maximum atomic E-state index is 13.6. The number of hydrogen-bond acceptors (Lipinski definition) is 3. The van der Waals surface area contributed by atoms with Gasteiger partial charge in [-0.05, 0) is 61.8 Å². The normalized spacial score (nSPS) is 14.1. The van der Waals surface area contributed by atoms with E-state index >= 15 is 0 Å². The molecule has 194 valence electrons. The summed E-state index contributed by atoms with van der Waals surface area (Å²) >= 11 is 0. The molecule has 1 heterocycles. The van der Waals surface area contributed by atoms with Crippen molar-refractivity contribution in [3.8, 4) is 0 Å². The summed E-state index contributed by atoms with van der Waals surface area (Å²) in [6, 6.07) is 19.2. The zero-order valence-corrected chi connectivity index (χ0v) is 22.3. The fourth-order valence-electron chi connectivity index (χ4n) is 5.06. The molecule has 4 rings (SSSR count). The number of rotatable bonds is 11. The quantitative estimate of drug-likeness (QED) is 0.373. The van der Waals surface area contributed by atoms with E-state index in [9.17, 15) is 14.4 Å². The van der Waals surface area contributed by atoms with Crippen LogP contribution in [-0.4, -0.2) is 41.2 Å². The second kappa shape index (κ2) is 11.6. The van der Waals surface area contributed by atoms with Crippen LogP contribution in [0.25, 0.3) is 10.8 Å². The Kier molecular flexibility index (Phi) is 8.27. The maximum absolute atomic E-state index is 13.6. The van der Waals surface area contributed by atoms with Crippen LogP contribution in [0.5, 0.6) is 0 Å². The Morgan fingerprint density at radius 3 is 2.41 bits per heavy atom. The molecule has 1 aliphatic heterocycles. The highest BCUT2D eigenvalue weighted by Crippen LogP contribution is 2.37. The molecule has 6 nitrogen and oxygen atoms in total. The van der Waals surface area contributed by atoms with E-state index in [1.165, 1.54) is 0 Å². The van der Waals surface area contributed by atoms with Crippen molar-refractivity contribution in [1.29, 1.82) is 0 Å². The van der Waals surface area contributed by atoms with E-state index in [-0.39, 0.29) is 30.2 Å². The van der Waals surface area contributed by atoms with Gasteiger partial charge in [0.25, 0.3) is 5.91 Å². The van der Waals surface area contributed by atoms with Crippen LogP contribution in [0.15, 0.2) is 60.7 Å². The van der Waals surface area contributed by atoms with Gasteiger partial charge in [0.1, 0.15) is 6.04 Å². The highest BCUT2D eigenvalue weighted by molar-refractivity contribution is 6.25. The van der Waals surface area contributed by atoms with E-state index < -0.39 is 6.04 Å². The maximum Gasteiger partial charge on any atom is 0.258 e. The summed E-state index contributed by atoms with van der Waals surface area (Å²) in [5.41, 5.74) is 3.74. The first-order valence-electron chi connectivity index (χ1n) is 13.3. The van der Waals surface area contributed by atoms with Gasteiger partial charge in [0.05, 0.1) is 5.69 Å². The molecule has 3 amide bonds. The molecule has 0 saturated carbocycles. The minimum Gasteiger partial charge on any atom is -0.352 e. The van der Waals surface area contributed by atoms with Gasteiger partial charge in [0.2, 0.25) is 11.8 Å². The smallest absolute Gasteiger partial charge is 0.258 e. The number of carbonyl (C=O) groups excluding carboxylic acids is 3. The zero-order chi connectivity index (χ0) is 26.5. The number of anilines is 1. The Balaban J connectivity index is 1.50. The highest BCUT2D eigenvalue weighted by Gasteiger charge is 2.31. The topological polar surface area (TPSA) is 69.7 Å². The van der Waals surface area contributed by atoms with Crippen LogP contribution in [0.3, 0.4) is 0 Å². The van der Waals surface area contributed by atoms with E-state index in [1.807, 2.05) is 88.4 Å². The number of amides is 3. The third-order valence-electron chi connectivity index (χ3n) is 7.41. The van der Waals surface area contributed by atoms with Gasteiger partial charge in [0.15, 0.2) is 0 Å².